The van der Waals surface area contributed by atoms with E-state index < -0.39 is 0 Å². The van der Waals surface area contributed by atoms with Gasteiger partial charge in [0.1, 0.15) is 11.6 Å². The van der Waals surface area contributed by atoms with Crippen molar-refractivity contribution in [3.8, 4) is 5.75 Å². The van der Waals surface area contributed by atoms with Crippen molar-refractivity contribution < 1.29 is 9.53 Å². The molecule has 0 atom stereocenters. The van der Waals surface area contributed by atoms with Gasteiger partial charge in [-0.1, -0.05) is 6.92 Å². The number of aryl methyl sites for hydroxylation is 1. The lowest BCUT2D eigenvalue weighted by Crippen LogP contribution is -2.13. The predicted molar refractivity (Wildman–Crippen MR) is 84.1 cm³/mol. The maximum atomic E-state index is 12.3. The van der Waals surface area contributed by atoms with Crippen LogP contribution in [0.1, 0.15) is 23.0 Å². The number of anilines is 2. The average Bonchev–Trinajstić information content (AvgIpc) is 2.54. The fraction of sp³-hybridized carbons (Fsp3) is 0.250. The first-order valence-electron chi connectivity index (χ1n) is 6.80. The van der Waals surface area contributed by atoms with Crippen LogP contribution >= 0.6 is 0 Å². The number of carbonyl (C=O) groups is 1. The minimum atomic E-state index is -0.159. The molecule has 1 amide bonds. The summed E-state index contributed by atoms with van der Waals surface area (Å²) in [5, 5.41) is 5.83. The molecule has 0 radical (unpaired) electrons. The molecule has 5 heteroatoms. The van der Waals surface area contributed by atoms with E-state index >= 15 is 0 Å². The largest absolute Gasteiger partial charge is 0.497 e. The molecule has 0 saturated carbocycles. The van der Waals surface area contributed by atoms with Crippen molar-refractivity contribution in [3.63, 3.8) is 0 Å². The van der Waals surface area contributed by atoms with E-state index in [0.717, 1.165) is 23.6 Å². The molecule has 0 aliphatic carbocycles. The van der Waals surface area contributed by atoms with Gasteiger partial charge in [-0.05, 0) is 42.8 Å². The number of amides is 1. The quantitative estimate of drug-likeness (QED) is 0.886. The van der Waals surface area contributed by atoms with Crippen molar-refractivity contribution in [1.82, 2.24) is 4.98 Å². The number of hydrogen-bond acceptors (Lipinski definition) is 4. The van der Waals surface area contributed by atoms with Gasteiger partial charge in [0.15, 0.2) is 0 Å². The molecule has 5 nitrogen and oxygen atoms in total. The van der Waals surface area contributed by atoms with Gasteiger partial charge >= 0.3 is 0 Å². The predicted octanol–water partition coefficient (Wildman–Crippen LogP) is 2.95. The zero-order valence-electron chi connectivity index (χ0n) is 12.4. The number of rotatable bonds is 5. The topological polar surface area (TPSA) is 63.2 Å². The summed E-state index contributed by atoms with van der Waals surface area (Å²) < 4.78 is 5.09. The maximum Gasteiger partial charge on any atom is 0.255 e. The Morgan fingerprint density at radius 2 is 1.95 bits per heavy atom. The normalized spacial score (nSPS) is 10.0. The van der Waals surface area contributed by atoms with Crippen molar-refractivity contribution in [3.05, 3.63) is 47.7 Å². The monoisotopic (exact) mass is 285 g/mol. The van der Waals surface area contributed by atoms with E-state index in [0.29, 0.717) is 11.4 Å². The number of methoxy groups -OCH3 is 1. The molecular weight excluding hydrogens is 266 g/mol. The number of benzene rings is 1. The zero-order chi connectivity index (χ0) is 15.2. The Hall–Kier alpha value is -2.56. The van der Waals surface area contributed by atoms with Crippen molar-refractivity contribution in [2.24, 2.45) is 0 Å². The molecule has 0 spiro atoms. The van der Waals surface area contributed by atoms with Crippen LogP contribution in [0.3, 0.4) is 0 Å². The van der Waals surface area contributed by atoms with Crippen LogP contribution in [0.15, 0.2) is 36.4 Å². The molecule has 2 N–H and O–H groups in total. The van der Waals surface area contributed by atoms with Gasteiger partial charge in [-0.3, -0.25) is 4.79 Å². The van der Waals surface area contributed by atoms with Gasteiger partial charge < -0.3 is 15.4 Å². The highest BCUT2D eigenvalue weighted by Gasteiger charge is 2.09. The molecule has 0 aliphatic rings. The maximum absolute atomic E-state index is 12.3. The summed E-state index contributed by atoms with van der Waals surface area (Å²) in [6.07, 6.45) is 0.776. The van der Waals surface area contributed by atoms with Gasteiger partial charge in [0.25, 0.3) is 5.91 Å². The van der Waals surface area contributed by atoms with Crippen molar-refractivity contribution in [2.45, 2.75) is 13.3 Å². The van der Waals surface area contributed by atoms with Gasteiger partial charge in [-0.2, -0.15) is 0 Å². The fourth-order valence-corrected chi connectivity index (χ4v) is 1.91. The smallest absolute Gasteiger partial charge is 0.255 e. The number of aromatic nitrogens is 1. The minimum absolute atomic E-state index is 0.159. The third-order valence-electron chi connectivity index (χ3n) is 3.11. The van der Waals surface area contributed by atoms with E-state index in [-0.39, 0.29) is 5.91 Å². The number of carbonyl (C=O) groups excluding carboxylic acids is 1. The summed E-state index contributed by atoms with van der Waals surface area (Å²) >= 11 is 0. The first-order chi connectivity index (χ1) is 10.2. The molecule has 0 unspecified atom stereocenters. The van der Waals surface area contributed by atoms with E-state index in [1.54, 1.807) is 50.6 Å². The zero-order valence-corrected chi connectivity index (χ0v) is 12.4. The molecule has 1 aromatic carbocycles. The second-order valence-corrected chi connectivity index (χ2v) is 4.52. The lowest BCUT2D eigenvalue weighted by molar-refractivity contribution is 0.102. The van der Waals surface area contributed by atoms with Crippen molar-refractivity contribution >= 4 is 17.4 Å². The Balaban J connectivity index is 2.18. The first kappa shape index (κ1) is 14.8. The lowest BCUT2D eigenvalue weighted by atomic mass is 10.1. The van der Waals surface area contributed by atoms with E-state index in [1.165, 1.54) is 0 Å². The van der Waals surface area contributed by atoms with Crippen LogP contribution in [-0.4, -0.2) is 25.0 Å². The molecule has 2 aromatic rings. The van der Waals surface area contributed by atoms with Crippen LogP contribution in [0.4, 0.5) is 11.5 Å². The second kappa shape index (κ2) is 6.74. The summed E-state index contributed by atoms with van der Waals surface area (Å²) in [7, 11) is 3.39. The highest BCUT2D eigenvalue weighted by Crippen LogP contribution is 2.17. The van der Waals surface area contributed by atoms with Crippen LogP contribution in [0.25, 0.3) is 0 Å². The highest BCUT2D eigenvalue weighted by molar-refractivity contribution is 6.04. The third-order valence-corrected chi connectivity index (χ3v) is 3.11. The SMILES string of the molecule is CCc1cc(C(=O)Nc2ccc(OC)cc2)cc(NC)n1. The van der Waals surface area contributed by atoms with Gasteiger partial charge in [0, 0.05) is 24.0 Å². The molecule has 2 rings (SSSR count). The Morgan fingerprint density at radius 3 is 2.52 bits per heavy atom. The van der Waals surface area contributed by atoms with E-state index in [1.807, 2.05) is 6.92 Å². The van der Waals surface area contributed by atoms with Crippen LogP contribution in [-0.2, 0) is 6.42 Å². The Labute approximate surface area is 124 Å². The third kappa shape index (κ3) is 3.72. The Morgan fingerprint density at radius 1 is 1.24 bits per heavy atom. The van der Waals surface area contributed by atoms with Crippen LogP contribution in [0.2, 0.25) is 0 Å². The van der Waals surface area contributed by atoms with Crippen molar-refractivity contribution in [2.75, 3.05) is 24.8 Å². The average molecular weight is 285 g/mol. The summed E-state index contributed by atoms with van der Waals surface area (Å²) in [5.74, 6) is 1.28. The first-order valence-corrected chi connectivity index (χ1v) is 6.80. The molecule has 0 saturated heterocycles. The van der Waals surface area contributed by atoms with Crippen molar-refractivity contribution in [1.29, 1.82) is 0 Å². The van der Waals surface area contributed by atoms with Gasteiger partial charge in [0.2, 0.25) is 0 Å². The minimum Gasteiger partial charge on any atom is -0.497 e. The van der Waals surface area contributed by atoms with Gasteiger partial charge in [-0.25, -0.2) is 4.98 Å². The summed E-state index contributed by atoms with van der Waals surface area (Å²) in [6.45, 7) is 2.01. The molecular formula is C16H19N3O2. The summed E-state index contributed by atoms with van der Waals surface area (Å²) in [6, 6.07) is 10.8. The second-order valence-electron chi connectivity index (χ2n) is 4.52. The summed E-state index contributed by atoms with van der Waals surface area (Å²) in [5.41, 5.74) is 2.19. The van der Waals surface area contributed by atoms with E-state index in [9.17, 15) is 4.79 Å². The number of pyridine rings is 1. The van der Waals surface area contributed by atoms with Crippen LogP contribution < -0.4 is 15.4 Å². The lowest BCUT2D eigenvalue weighted by Gasteiger charge is -2.09. The molecule has 1 aromatic heterocycles. The standard InChI is InChI=1S/C16H19N3O2/c1-4-12-9-11(10-15(17-2)18-12)16(20)19-13-5-7-14(21-3)8-6-13/h5-10H,4H2,1-3H3,(H,17,18)(H,19,20). The molecule has 0 aliphatic heterocycles. The molecule has 1 heterocycles. The highest BCUT2D eigenvalue weighted by atomic mass is 16.5. The fourth-order valence-electron chi connectivity index (χ4n) is 1.91. The number of hydrogen-bond donors (Lipinski definition) is 2. The van der Waals surface area contributed by atoms with Gasteiger partial charge in [0.05, 0.1) is 7.11 Å². The van der Waals surface area contributed by atoms with E-state index in [4.69, 9.17) is 4.74 Å². The van der Waals surface area contributed by atoms with E-state index in [2.05, 4.69) is 15.6 Å². The molecule has 21 heavy (non-hydrogen) atoms. The van der Waals surface area contributed by atoms with Gasteiger partial charge in [-0.15, -0.1) is 0 Å². The Bertz CT molecular complexity index is 602. The molecule has 0 fully saturated rings. The number of nitrogens with one attached hydrogen (secondary N) is 2. The van der Waals surface area contributed by atoms with Crippen LogP contribution in [0.5, 0.6) is 5.75 Å². The number of ether oxygens (including phenoxy) is 1. The Kier molecular flexibility index (Phi) is 4.77. The van der Waals surface area contributed by atoms with Crippen LogP contribution in [0, 0.1) is 0 Å². The molecule has 0 bridgehead atoms. The summed E-state index contributed by atoms with van der Waals surface area (Å²) in [4.78, 5) is 16.7. The molecule has 110 valence electrons. The number of nitrogens with zero attached hydrogens (tertiary/aromatic N) is 1.